The molecule has 0 aliphatic rings. The van der Waals surface area contributed by atoms with Crippen LogP contribution in [0.2, 0.25) is 0 Å². The van der Waals surface area contributed by atoms with Gasteiger partial charge in [0.15, 0.2) is 0 Å². The molecule has 0 unspecified atom stereocenters. The van der Waals surface area contributed by atoms with Crippen molar-refractivity contribution in [2.75, 3.05) is 13.2 Å². The van der Waals surface area contributed by atoms with Gasteiger partial charge in [-0.1, -0.05) is 36.4 Å². The van der Waals surface area contributed by atoms with E-state index in [4.69, 9.17) is 5.11 Å². The highest BCUT2D eigenvalue weighted by Gasteiger charge is 2.28. The standard InChI is InChI=1S/C25H21F3N2O3S/c26-25(27,28)15-30-14-16(7-8-22(30)32)11-20-13-18-4-2-6-21(23(18)34-20)17-3-1-5-19(12-17)24(33)29-9-10-31/h1-8,12-14,31H,9-11,15H2,(H,29,33). The molecule has 0 bridgehead atoms. The van der Waals surface area contributed by atoms with E-state index in [-0.39, 0.29) is 19.1 Å². The molecule has 0 spiro atoms. The van der Waals surface area contributed by atoms with Gasteiger partial charge in [0.25, 0.3) is 11.5 Å². The van der Waals surface area contributed by atoms with Crippen molar-refractivity contribution in [3.8, 4) is 11.1 Å². The maximum atomic E-state index is 12.8. The number of pyridine rings is 1. The molecule has 9 heteroatoms. The number of benzene rings is 2. The smallest absolute Gasteiger partial charge is 0.395 e. The molecule has 0 aliphatic carbocycles. The predicted molar refractivity (Wildman–Crippen MR) is 126 cm³/mol. The van der Waals surface area contributed by atoms with E-state index in [1.807, 2.05) is 30.3 Å². The van der Waals surface area contributed by atoms with E-state index >= 15 is 0 Å². The summed E-state index contributed by atoms with van der Waals surface area (Å²) in [5, 5.41) is 12.5. The number of halogens is 3. The normalized spacial score (nSPS) is 11.6. The molecular formula is C25H21F3N2O3S. The summed E-state index contributed by atoms with van der Waals surface area (Å²) >= 11 is 1.52. The first-order valence-corrected chi connectivity index (χ1v) is 11.3. The van der Waals surface area contributed by atoms with Crippen LogP contribution in [0.4, 0.5) is 13.2 Å². The minimum Gasteiger partial charge on any atom is -0.395 e. The highest BCUT2D eigenvalue weighted by molar-refractivity contribution is 7.19. The SMILES string of the molecule is O=C(NCCO)c1cccc(-c2cccc3cc(Cc4ccc(=O)n(CC(F)(F)F)c4)sc23)c1. The number of aliphatic hydroxyl groups is 1. The molecule has 0 aliphatic heterocycles. The lowest BCUT2D eigenvalue weighted by atomic mass is 10.0. The fourth-order valence-corrected chi connectivity index (χ4v) is 4.96. The lowest BCUT2D eigenvalue weighted by molar-refractivity contribution is -0.141. The summed E-state index contributed by atoms with van der Waals surface area (Å²) in [6, 6.07) is 17.7. The van der Waals surface area contributed by atoms with Crippen LogP contribution in [-0.2, 0) is 13.0 Å². The van der Waals surface area contributed by atoms with Gasteiger partial charge in [-0.25, -0.2) is 0 Å². The number of rotatable bonds is 7. The molecule has 2 aromatic carbocycles. The lowest BCUT2D eigenvalue weighted by Crippen LogP contribution is -2.27. The van der Waals surface area contributed by atoms with Gasteiger partial charge in [0.2, 0.25) is 0 Å². The number of thiophene rings is 1. The summed E-state index contributed by atoms with van der Waals surface area (Å²) in [6.07, 6.45) is -2.82. The van der Waals surface area contributed by atoms with Gasteiger partial charge in [0.05, 0.1) is 6.61 Å². The number of fused-ring (bicyclic) bond motifs is 1. The number of aromatic nitrogens is 1. The first-order chi connectivity index (χ1) is 16.2. The molecule has 176 valence electrons. The Morgan fingerprint density at radius 1 is 1.06 bits per heavy atom. The molecule has 2 aromatic heterocycles. The third-order valence-corrected chi connectivity index (χ3v) is 6.39. The van der Waals surface area contributed by atoms with E-state index < -0.39 is 18.3 Å². The van der Waals surface area contributed by atoms with E-state index in [0.717, 1.165) is 32.2 Å². The zero-order valence-corrected chi connectivity index (χ0v) is 18.7. The van der Waals surface area contributed by atoms with Crippen LogP contribution in [0.5, 0.6) is 0 Å². The van der Waals surface area contributed by atoms with Crippen LogP contribution >= 0.6 is 11.3 Å². The second-order valence-corrected chi connectivity index (χ2v) is 8.93. The van der Waals surface area contributed by atoms with E-state index in [1.54, 1.807) is 24.3 Å². The van der Waals surface area contributed by atoms with Crippen LogP contribution < -0.4 is 10.9 Å². The van der Waals surface area contributed by atoms with E-state index in [1.165, 1.54) is 17.5 Å². The zero-order valence-electron chi connectivity index (χ0n) is 17.9. The Bertz CT molecular complexity index is 1390. The first kappa shape index (κ1) is 23.7. The van der Waals surface area contributed by atoms with Crippen molar-refractivity contribution in [2.45, 2.75) is 19.1 Å². The van der Waals surface area contributed by atoms with E-state index in [0.29, 0.717) is 22.1 Å². The summed E-state index contributed by atoms with van der Waals surface area (Å²) in [4.78, 5) is 25.0. The summed E-state index contributed by atoms with van der Waals surface area (Å²) in [5.74, 6) is -0.274. The van der Waals surface area contributed by atoms with Gasteiger partial charge in [0, 0.05) is 40.4 Å². The molecule has 0 radical (unpaired) electrons. The van der Waals surface area contributed by atoms with Crippen LogP contribution in [-0.4, -0.2) is 34.9 Å². The third kappa shape index (κ3) is 5.55. The molecule has 4 rings (SSSR count). The van der Waals surface area contributed by atoms with Crippen molar-refractivity contribution in [1.29, 1.82) is 0 Å². The predicted octanol–water partition coefficient (Wildman–Crippen LogP) is 4.61. The maximum Gasteiger partial charge on any atom is 0.406 e. The number of aliphatic hydroxyl groups excluding tert-OH is 1. The second-order valence-electron chi connectivity index (χ2n) is 7.79. The molecule has 5 nitrogen and oxygen atoms in total. The summed E-state index contributed by atoms with van der Waals surface area (Å²) in [6.45, 7) is -1.29. The molecule has 34 heavy (non-hydrogen) atoms. The summed E-state index contributed by atoms with van der Waals surface area (Å²) < 4.78 is 40.0. The molecule has 1 amide bonds. The minimum absolute atomic E-state index is 0.142. The number of amides is 1. The van der Waals surface area contributed by atoms with Crippen LogP contribution in [0.1, 0.15) is 20.8 Å². The van der Waals surface area contributed by atoms with Crippen LogP contribution in [0.3, 0.4) is 0 Å². The molecular weight excluding hydrogens is 465 g/mol. The number of carbonyl (C=O) groups excluding carboxylic acids is 1. The largest absolute Gasteiger partial charge is 0.406 e. The Kier molecular flexibility index (Phi) is 6.85. The van der Waals surface area contributed by atoms with Crippen molar-refractivity contribution in [3.63, 3.8) is 0 Å². The Morgan fingerprint density at radius 3 is 2.62 bits per heavy atom. The fourth-order valence-electron chi connectivity index (χ4n) is 3.73. The Labute approximate surface area is 197 Å². The highest BCUT2D eigenvalue weighted by Crippen LogP contribution is 2.36. The minimum atomic E-state index is -4.47. The van der Waals surface area contributed by atoms with Crippen molar-refractivity contribution in [1.82, 2.24) is 9.88 Å². The van der Waals surface area contributed by atoms with E-state index in [9.17, 15) is 22.8 Å². The van der Waals surface area contributed by atoms with Gasteiger partial charge in [-0.15, -0.1) is 11.3 Å². The number of nitrogens with one attached hydrogen (secondary N) is 1. The van der Waals surface area contributed by atoms with Crippen molar-refractivity contribution >= 4 is 27.3 Å². The summed E-state index contributed by atoms with van der Waals surface area (Å²) in [7, 11) is 0. The monoisotopic (exact) mass is 486 g/mol. The Balaban J connectivity index is 1.64. The average Bonchev–Trinajstić information content (AvgIpc) is 3.21. The molecule has 0 saturated heterocycles. The van der Waals surface area contributed by atoms with Crippen molar-refractivity contribution < 1.29 is 23.1 Å². The quantitative estimate of drug-likeness (QED) is 0.401. The second kappa shape index (κ2) is 9.82. The molecule has 0 saturated carbocycles. The Hall–Kier alpha value is -3.43. The molecule has 4 aromatic rings. The molecule has 2 heterocycles. The topological polar surface area (TPSA) is 71.3 Å². The molecule has 0 atom stereocenters. The van der Waals surface area contributed by atoms with Crippen LogP contribution in [0.25, 0.3) is 21.2 Å². The van der Waals surface area contributed by atoms with E-state index in [2.05, 4.69) is 5.32 Å². The van der Waals surface area contributed by atoms with Gasteiger partial charge in [-0.2, -0.15) is 13.2 Å². The number of hydrogen-bond donors (Lipinski definition) is 2. The van der Waals surface area contributed by atoms with Crippen molar-refractivity contribution in [2.24, 2.45) is 0 Å². The summed E-state index contributed by atoms with van der Waals surface area (Å²) in [5.41, 5.74) is 2.19. The third-order valence-electron chi connectivity index (χ3n) is 5.20. The highest BCUT2D eigenvalue weighted by atomic mass is 32.1. The number of alkyl halides is 3. The fraction of sp³-hybridized carbons (Fsp3) is 0.200. The zero-order chi connectivity index (χ0) is 24.3. The number of hydrogen-bond acceptors (Lipinski definition) is 4. The average molecular weight is 487 g/mol. The lowest BCUT2D eigenvalue weighted by Gasteiger charge is -2.10. The number of nitrogens with zero attached hydrogens (tertiary/aromatic N) is 1. The van der Waals surface area contributed by atoms with Gasteiger partial charge in [-0.3, -0.25) is 9.59 Å². The van der Waals surface area contributed by atoms with Gasteiger partial charge in [0.1, 0.15) is 6.54 Å². The van der Waals surface area contributed by atoms with Gasteiger partial charge in [-0.05, 0) is 40.3 Å². The van der Waals surface area contributed by atoms with Crippen molar-refractivity contribution in [3.05, 3.63) is 93.2 Å². The van der Waals surface area contributed by atoms with Gasteiger partial charge < -0.3 is 15.0 Å². The Morgan fingerprint density at radius 2 is 1.85 bits per heavy atom. The molecule has 2 N–H and O–H groups in total. The van der Waals surface area contributed by atoms with Crippen LogP contribution in [0, 0.1) is 0 Å². The first-order valence-electron chi connectivity index (χ1n) is 10.5. The number of carbonyl (C=O) groups is 1. The van der Waals surface area contributed by atoms with Gasteiger partial charge >= 0.3 is 6.18 Å². The molecule has 0 fully saturated rings. The maximum absolute atomic E-state index is 12.8. The van der Waals surface area contributed by atoms with Crippen LogP contribution in [0.15, 0.2) is 71.7 Å².